The van der Waals surface area contributed by atoms with Gasteiger partial charge in [0.05, 0.1) is 12.1 Å². The molecule has 1 aliphatic heterocycles. The zero-order chi connectivity index (χ0) is 21.0. The van der Waals surface area contributed by atoms with Crippen LogP contribution in [0, 0.1) is 11.3 Å². The van der Waals surface area contributed by atoms with E-state index in [1.807, 2.05) is 26.8 Å². The minimum atomic E-state index is -0.565. The molecule has 7 nitrogen and oxygen atoms in total. The Bertz CT molecular complexity index is 984. The highest BCUT2D eigenvalue weighted by atomic mass is 32.1. The molecule has 0 saturated heterocycles. The Morgan fingerprint density at radius 3 is 2.86 bits per heavy atom. The summed E-state index contributed by atoms with van der Waals surface area (Å²) in [6.07, 6.45) is 6.55. The fourth-order valence-electron chi connectivity index (χ4n) is 2.89. The SMILES string of the molecule is CC(C)(C)OC(=O)N1CCc2c(sc(NC(=O)C=Cc3cccnc3)c2C#N)C1. The number of fused-ring (bicyclic) bond motifs is 1. The van der Waals surface area contributed by atoms with Crippen LogP contribution in [0.3, 0.4) is 0 Å². The summed E-state index contributed by atoms with van der Waals surface area (Å²) in [5, 5.41) is 12.9. The van der Waals surface area contributed by atoms with Crippen molar-refractivity contribution in [2.75, 3.05) is 11.9 Å². The fourth-order valence-corrected chi connectivity index (χ4v) is 4.11. The zero-order valence-electron chi connectivity index (χ0n) is 16.6. The molecule has 2 aromatic rings. The van der Waals surface area contributed by atoms with E-state index in [0.717, 1.165) is 16.0 Å². The van der Waals surface area contributed by atoms with Gasteiger partial charge in [-0.3, -0.25) is 9.78 Å². The lowest BCUT2D eigenvalue weighted by atomic mass is 10.0. The largest absolute Gasteiger partial charge is 0.444 e. The molecular weight excluding hydrogens is 388 g/mol. The summed E-state index contributed by atoms with van der Waals surface area (Å²) >= 11 is 1.33. The van der Waals surface area contributed by atoms with Crippen molar-refractivity contribution in [3.63, 3.8) is 0 Å². The molecule has 1 aliphatic rings. The maximum absolute atomic E-state index is 12.3. The fraction of sp³-hybridized carbons (Fsp3) is 0.333. The Labute approximate surface area is 173 Å². The van der Waals surface area contributed by atoms with Gasteiger partial charge in [-0.15, -0.1) is 11.3 Å². The van der Waals surface area contributed by atoms with Crippen LogP contribution < -0.4 is 5.32 Å². The number of anilines is 1. The second-order valence-electron chi connectivity index (χ2n) is 7.58. The highest BCUT2D eigenvalue weighted by Gasteiger charge is 2.29. The van der Waals surface area contributed by atoms with Gasteiger partial charge in [-0.25, -0.2) is 4.79 Å². The molecule has 0 aromatic carbocycles. The van der Waals surface area contributed by atoms with E-state index < -0.39 is 5.60 Å². The van der Waals surface area contributed by atoms with E-state index in [1.54, 1.807) is 29.4 Å². The van der Waals surface area contributed by atoms with Crippen LogP contribution in [-0.4, -0.2) is 34.0 Å². The van der Waals surface area contributed by atoms with Crippen molar-refractivity contribution in [1.82, 2.24) is 9.88 Å². The minimum Gasteiger partial charge on any atom is -0.444 e. The Morgan fingerprint density at radius 2 is 2.21 bits per heavy atom. The first kappa shape index (κ1) is 20.6. The van der Waals surface area contributed by atoms with E-state index >= 15 is 0 Å². The zero-order valence-corrected chi connectivity index (χ0v) is 17.4. The predicted octanol–water partition coefficient (Wildman–Crippen LogP) is 3.96. The van der Waals surface area contributed by atoms with Crippen LogP contribution >= 0.6 is 11.3 Å². The van der Waals surface area contributed by atoms with Crippen molar-refractivity contribution in [3.05, 3.63) is 52.2 Å². The normalized spacial score (nSPS) is 13.7. The van der Waals surface area contributed by atoms with Crippen LogP contribution in [-0.2, 0) is 22.5 Å². The molecular formula is C21H22N4O3S. The number of hydrogen-bond donors (Lipinski definition) is 1. The standard InChI is InChI=1S/C21H22N4O3S/c1-21(2,3)28-20(27)25-10-8-15-16(11-22)19(29-17(15)13-25)24-18(26)7-6-14-5-4-9-23-12-14/h4-7,9,12H,8,10,13H2,1-3H3,(H,24,26). The molecule has 29 heavy (non-hydrogen) atoms. The van der Waals surface area contributed by atoms with Crippen LogP contribution in [0.5, 0.6) is 0 Å². The van der Waals surface area contributed by atoms with Gasteiger partial charge in [0, 0.05) is 29.9 Å². The predicted molar refractivity (Wildman–Crippen MR) is 111 cm³/mol. The summed E-state index contributed by atoms with van der Waals surface area (Å²) in [5.41, 5.74) is 1.60. The summed E-state index contributed by atoms with van der Waals surface area (Å²) in [4.78, 5) is 31.1. The van der Waals surface area contributed by atoms with Crippen molar-refractivity contribution >= 4 is 34.4 Å². The first-order valence-corrected chi connectivity index (χ1v) is 10.00. The summed E-state index contributed by atoms with van der Waals surface area (Å²) in [7, 11) is 0. The van der Waals surface area contributed by atoms with Gasteiger partial charge >= 0.3 is 6.09 Å². The molecule has 1 N–H and O–H groups in total. The van der Waals surface area contributed by atoms with E-state index in [0.29, 0.717) is 30.1 Å². The average molecular weight is 410 g/mol. The lowest BCUT2D eigenvalue weighted by Crippen LogP contribution is -2.39. The quantitative estimate of drug-likeness (QED) is 0.773. The number of nitrogens with zero attached hydrogens (tertiary/aromatic N) is 3. The molecule has 2 aromatic heterocycles. The van der Waals surface area contributed by atoms with E-state index in [9.17, 15) is 14.9 Å². The van der Waals surface area contributed by atoms with Crippen LogP contribution in [0.2, 0.25) is 0 Å². The first-order valence-electron chi connectivity index (χ1n) is 9.18. The number of carbonyl (C=O) groups excluding carboxylic acids is 2. The number of nitrogens with one attached hydrogen (secondary N) is 1. The molecule has 0 spiro atoms. The van der Waals surface area contributed by atoms with Crippen molar-refractivity contribution in [3.8, 4) is 6.07 Å². The van der Waals surface area contributed by atoms with Crippen molar-refractivity contribution in [2.24, 2.45) is 0 Å². The van der Waals surface area contributed by atoms with Gasteiger partial charge in [0.2, 0.25) is 5.91 Å². The molecule has 3 rings (SSSR count). The van der Waals surface area contributed by atoms with Crippen molar-refractivity contribution in [1.29, 1.82) is 5.26 Å². The van der Waals surface area contributed by atoms with E-state index in [1.165, 1.54) is 17.4 Å². The molecule has 0 bridgehead atoms. The Kier molecular flexibility index (Phi) is 5.99. The van der Waals surface area contributed by atoms with Crippen LogP contribution in [0.25, 0.3) is 6.08 Å². The average Bonchev–Trinajstić information content (AvgIpc) is 3.01. The number of nitriles is 1. The molecule has 0 unspecified atom stereocenters. The smallest absolute Gasteiger partial charge is 0.410 e. The van der Waals surface area contributed by atoms with Crippen LogP contribution in [0.15, 0.2) is 30.6 Å². The van der Waals surface area contributed by atoms with E-state index in [4.69, 9.17) is 4.74 Å². The molecule has 8 heteroatoms. The summed E-state index contributed by atoms with van der Waals surface area (Å²) < 4.78 is 5.44. The van der Waals surface area contributed by atoms with Gasteiger partial charge < -0.3 is 15.0 Å². The van der Waals surface area contributed by atoms with Gasteiger partial charge in [0.15, 0.2) is 0 Å². The maximum Gasteiger partial charge on any atom is 0.410 e. The number of hydrogen-bond acceptors (Lipinski definition) is 6. The van der Waals surface area contributed by atoms with Crippen LogP contribution in [0.4, 0.5) is 9.80 Å². The lowest BCUT2D eigenvalue weighted by molar-refractivity contribution is -0.111. The topological polar surface area (TPSA) is 95.3 Å². The molecule has 2 amide bonds. The van der Waals surface area contributed by atoms with Crippen LogP contribution in [0.1, 0.15) is 42.3 Å². The second-order valence-corrected chi connectivity index (χ2v) is 8.69. The molecule has 0 radical (unpaired) electrons. The summed E-state index contributed by atoms with van der Waals surface area (Å²) in [6, 6.07) is 5.82. The Balaban J connectivity index is 1.73. The van der Waals surface area contributed by atoms with Gasteiger partial charge in [0.25, 0.3) is 0 Å². The summed E-state index contributed by atoms with van der Waals surface area (Å²) in [6.45, 7) is 6.32. The number of aromatic nitrogens is 1. The highest BCUT2D eigenvalue weighted by Crippen LogP contribution is 2.37. The maximum atomic E-state index is 12.3. The van der Waals surface area contributed by atoms with E-state index in [-0.39, 0.29) is 12.0 Å². The molecule has 0 aliphatic carbocycles. The number of amides is 2. The second kappa shape index (κ2) is 8.45. The van der Waals surface area contributed by atoms with Gasteiger partial charge in [-0.05, 0) is 50.5 Å². The van der Waals surface area contributed by atoms with Gasteiger partial charge in [0.1, 0.15) is 16.7 Å². The third-order valence-corrected chi connectivity index (χ3v) is 5.30. The number of ether oxygens (including phenoxy) is 1. The van der Waals surface area contributed by atoms with E-state index in [2.05, 4.69) is 16.4 Å². The number of pyridine rings is 1. The highest BCUT2D eigenvalue weighted by molar-refractivity contribution is 7.16. The molecule has 0 atom stereocenters. The Hall–Kier alpha value is -3.18. The molecule has 0 saturated carbocycles. The summed E-state index contributed by atoms with van der Waals surface area (Å²) in [5.74, 6) is -0.326. The number of carbonyl (C=O) groups is 2. The van der Waals surface area contributed by atoms with Gasteiger partial charge in [-0.1, -0.05) is 6.07 Å². The molecule has 150 valence electrons. The Morgan fingerprint density at radius 1 is 1.41 bits per heavy atom. The number of rotatable bonds is 3. The van der Waals surface area contributed by atoms with Crippen molar-refractivity contribution in [2.45, 2.75) is 39.3 Å². The minimum absolute atomic E-state index is 0.326. The lowest BCUT2D eigenvalue weighted by Gasteiger charge is -2.29. The third-order valence-electron chi connectivity index (χ3n) is 4.17. The monoisotopic (exact) mass is 410 g/mol. The van der Waals surface area contributed by atoms with Gasteiger partial charge in [-0.2, -0.15) is 5.26 Å². The third kappa shape index (κ3) is 5.21. The molecule has 3 heterocycles. The van der Waals surface area contributed by atoms with Crippen molar-refractivity contribution < 1.29 is 14.3 Å². The molecule has 0 fully saturated rings. The first-order chi connectivity index (χ1) is 13.8. The number of thiophene rings is 1.